The van der Waals surface area contributed by atoms with Crippen LogP contribution in [0, 0.1) is 13.7 Å². The molecular formula is C20H16IN3O4. The van der Waals surface area contributed by atoms with Crippen LogP contribution in [0.5, 0.6) is 5.75 Å². The SMILES string of the molecule is COc1c(I)cc(/C=N/NC(=O)Cc2cccc3ccccc23)cc1[N+](=O)[O-]. The van der Waals surface area contributed by atoms with Crippen molar-refractivity contribution in [1.29, 1.82) is 0 Å². The molecule has 3 aromatic carbocycles. The zero-order chi connectivity index (χ0) is 20.1. The quantitative estimate of drug-likeness (QED) is 0.245. The molecule has 0 aliphatic rings. The Hall–Kier alpha value is -3.01. The monoisotopic (exact) mass is 489 g/mol. The van der Waals surface area contributed by atoms with Gasteiger partial charge in [0.2, 0.25) is 11.7 Å². The number of nitrogens with zero attached hydrogens (tertiary/aromatic N) is 2. The Kier molecular flexibility index (Phi) is 6.19. The fourth-order valence-electron chi connectivity index (χ4n) is 2.85. The van der Waals surface area contributed by atoms with Crippen LogP contribution in [0.2, 0.25) is 0 Å². The van der Waals surface area contributed by atoms with E-state index in [0.717, 1.165) is 16.3 Å². The molecule has 0 fully saturated rings. The van der Waals surface area contributed by atoms with Crippen molar-refractivity contribution in [3.63, 3.8) is 0 Å². The summed E-state index contributed by atoms with van der Waals surface area (Å²) >= 11 is 1.95. The number of carbonyl (C=O) groups excluding carboxylic acids is 1. The molecule has 7 nitrogen and oxygen atoms in total. The average molecular weight is 489 g/mol. The maximum Gasteiger partial charge on any atom is 0.312 e. The number of halogens is 1. The highest BCUT2D eigenvalue weighted by atomic mass is 127. The number of amides is 1. The first-order chi connectivity index (χ1) is 13.5. The van der Waals surface area contributed by atoms with Crippen LogP contribution in [-0.4, -0.2) is 24.2 Å². The highest BCUT2D eigenvalue weighted by Gasteiger charge is 2.19. The fraction of sp³-hybridized carbons (Fsp3) is 0.100. The second kappa shape index (κ2) is 8.79. The standard InChI is InChI=1S/C20H16IN3O4/c1-28-20-17(21)9-13(10-18(20)24(26)27)12-22-23-19(25)11-15-7-4-6-14-5-2-3-8-16(14)15/h2-10,12H,11H2,1H3,(H,23,25)/b22-12+. The largest absolute Gasteiger partial charge is 0.489 e. The highest BCUT2D eigenvalue weighted by Crippen LogP contribution is 2.32. The molecule has 0 aromatic heterocycles. The maximum atomic E-state index is 12.2. The van der Waals surface area contributed by atoms with E-state index in [1.165, 1.54) is 19.4 Å². The summed E-state index contributed by atoms with van der Waals surface area (Å²) in [6, 6.07) is 16.7. The van der Waals surface area contributed by atoms with Crippen LogP contribution in [-0.2, 0) is 11.2 Å². The second-order valence-corrected chi connectivity index (χ2v) is 7.08. The zero-order valence-electron chi connectivity index (χ0n) is 14.9. The van der Waals surface area contributed by atoms with Crippen LogP contribution < -0.4 is 10.2 Å². The van der Waals surface area contributed by atoms with Crippen LogP contribution in [0.4, 0.5) is 5.69 Å². The van der Waals surface area contributed by atoms with E-state index in [1.807, 2.05) is 65.1 Å². The van der Waals surface area contributed by atoms with E-state index in [2.05, 4.69) is 10.5 Å². The molecule has 0 heterocycles. The molecule has 1 amide bonds. The number of hydrogen-bond donors (Lipinski definition) is 1. The normalized spacial score (nSPS) is 10.9. The Balaban J connectivity index is 1.72. The number of rotatable bonds is 6. The molecule has 3 rings (SSSR count). The van der Waals surface area contributed by atoms with Crippen molar-refractivity contribution in [3.8, 4) is 5.75 Å². The van der Waals surface area contributed by atoms with Crippen LogP contribution in [0.25, 0.3) is 10.8 Å². The molecule has 0 spiro atoms. The number of ether oxygens (including phenoxy) is 1. The number of nitro benzene ring substituents is 1. The Morgan fingerprint density at radius 2 is 2.00 bits per heavy atom. The minimum absolute atomic E-state index is 0.155. The van der Waals surface area contributed by atoms with E-state index < -0.39 is 4.92 Å². The average Bonchev–Trinajstić information content (AvgIpc) is 2.68. The van der Waals surface area contributed by atoms with E-state index in [4.69, 9.17) is 4.74 Å². The minimum atomic E-state index is -0.516. The first kappa shape index (κ1) is 19.7. The summed E-state index contributed by atoms with van der Waals surface area (Å²) in [6.07, 6.45) is 1.55. The lowest BCUT2D eigenvalue weighted by Crippen LogP contribution is -2.19. The van der Waals surface area contributed by atoms with Gasteiger partial charge in [-0.15, -0.1) is 0 Å². The van der Waals surface area contributed by atoms with E-state index in [-0.39, 0.29) is 23.8 Å². The van der Waals surface area contributed by atoms with E-state index >= 15 is 0 Å². The van der Waals surface area contributed by atoms with E-state index in [0.29, 0.717) is 9.13 Å². The van der Waals surface area contributed by atoms with Crippen molar-refractivity contribution in [2.24, 2.45) is 5.10 Å². The van der Waals surface area contributed by atoms with Gasteiger partial charge in [0.05, 0.1) is 28.2 Å². The summed E-state index contributed by atoms with van der Waals surface area (Å²) in [5, 5.41) is 17.2. The molecule has 1 N–H and O–H groups in total. The second-order valence-electron chi connectivity index (χ2n) is 5.92. The van der Waals surface area contributed by atoms with Gasteiger partial charge in [0, 0.05) is 11.6 Å². The van der Waals surface area contributed by atoms with Gasteiger partial charge in [0.1, 0.15) is 0 Å². The fourth-order valence-corrected chi connectivity index (χ4v) is 3.71. The summed E-state index contributed by atoms with van der Waals surface area (Å²) in [6.45, 7) is 0. The number of carbonyl (C=O) groups is 1. The van der Waals surface area contributed by atoms with Crippen molar-refractivity contribution in [2.75, 3.05) is 7.11 Å². The van der Waals surface area contributed by atoms with Crippen LogP contribution in [0.3, 0.4) is 0 Å². The number of methoxy groups -OCH3 is 1. The summed E-state index contributed by atoms with van der Waals surface area (Å²) in [5.41, 5.74) is 3.70. The van der Waals surface area contributed by atoms with Crippen molar-refractivity contribution in [1.82, 2.24) is 5.43 Å². The first-order valence-corrected chi connectivity index (χ1v) is 9.38. The van der Waals surface area contributed by atoms with Gasteiger partial charge in [0.25, 0.3) is 0 Å². The number of hydrazone groups is 1. The topological polar surface area (TPSA) is 93.8 Å². The molecule has 0 saturated heterocycles. The van der Waals surface area contributed by atoms with Crippen LogP contribution in [0.15, 0.2) is 59.7 Å². The predicted octanol–water partition coefficient (Wildman–Crippen LogP) is 4.05. The van der Waals surface area contributed by atoms with Gasteiger partial charge in [-0.3, -0.25) is 14.9 Å². The molecule has 0 atom stereocenters. The molecule has 0 bridgehead atoms. The van der Waals surface area contributed by atoms with Crippen LogP contribution >= 0.6 is 22.6 Å². The number of nitro groups is 1. The number of nitrogens with one attached hydrogen (secondary N) is 1. The lowest BCUT2D eigenvalue weighted by molar-refractivity contribution is -0.385. The molecule has 0 radical (unpaired) electrons. The van der Waals surface area contributed by atoms with Crippen molar-refractivity contribution >= 4 is 51.2 Å². The molecule has 0 aliphatic heterocycles. The Morgan fingerprint density at radius 1 is 1.25 bits per heavy atom. The van der Waals surface area contributed by atoms with Crippen molar-refractivity contribution in [2.45, 2.75) is 6.42 Å². The lowest BCUT2D eigenvalue weighted by atomic mass is 10.0. The molecule has 8 heteroatoms. The number of hydrogen-bond acceptors (Lipinski definition) is 5. The van der Waals surface area contributed by atoms with Gasteiger partial charge in [-0.05, 0) is 45.0 Å². The molecule has 0 aliphatic carbocycles. The zero-order valence-corrected chi connectivity index (χ0v) is 17.0. The summed E-state index contributed by atoms with van der Waals surface area (Å²) < 4.78 is 5.65. The Labute approximate surface area is 174 Å². The van der Waals surface area contributed by atoms with Crippen molar-refractivity contribution in [3.05, 3.63) is 79.4 Å². The molecule has 0 unspecified atom stereocenters. The Morgan fingerprint density at radius 3 is 2.75 bits per heavy atom. The van der Waals surface area contributed by atoms with E-state index in [9.17, 15) is 14.9 Å². The third kappa shape index (κ3) is 4.45. The highest BCUT2D eigenvalue weighted by molar-refractivity contribution is 14.1. The smallest absolute Gasteiger partial charge is 0.312 e. The van der Waals surface area contributed by atoms with Gasteiger partial charge in [-0.25, -0.2) is 5.43 Å². The molecule has 28 heavy (non-hydrogen) atoms. The maximum absolute atomic E-state index is 12.2. The number of fused-ring (bicyclic) bond motifs is 1. The summed E-state index contributed by atoms with van der Waals surface area (Å²) in [7, 11) is 1.38. The molecular weight excluding hydrogens is 473 g/mol. The Bertz CT molecular complexity index is 1080. The molecule has 3 aromatic rings. The molecule has 142 valence electrons. The van der Waals surface area contributed by atoms with Crippen molar-refractivity contribution < 1.29 is 14.5 Å². The third-order valence-corrected chi connectivity index (χ3v) is 4.88. The summed E-state index contributed by atoms with van der Waals surface area (Å²) in [4.78, 5) is 22.9. The van der Waals surface area contributed by atoms with Crippen LogP contribution in [0.1, 0.15) is 11.1 Å². The predicted molar refractivity (Wildman–Crippen MR) is 116 cm³/mol. The van der Waals surface area contributed by atoms with Gasteiger partial charge in [-0.2, -0.15) is 5.10 Å². The third-order valence-electron chi connectivity index (χ3n) is 4.08. The molecule has 0 saturated carbocycles. The van der Waals surface area contributed by atoms with Gasteiger partial charge in [0.15, 0.2) is 0 Å². The van der Waals surface area contributed by atoms with Gasteiger partial charge in [-0.1, -0.05) is 42.5 Å². The summed E-state index contributed by atoms with van der Waals surface area (Å²) in [5.74, 6) is -0.0759. The lowest BCUT2D eigenvalue weighted by Gasteiger charge is -2.06. The minimum Gasteiger partial charge on any atom is -0.489 e. The first-order valence-electron chi connectivity index (χ1n) is 8.30. The van der Waals surface area contributed by atoms with Gasteiger partial charge < -0.3 is 4.74 Å². The van der Waals surface area contributed by atoms with E-state index in [1.54, 1.807) is 6.07 Å². The van der Waals surface area contributed by atoms with Gasteiger partial charge >= 0.3 is 5.69 Å². The number of benzene rings is 3.